The molecule has 1 saturated carbocycles. The van der Waals surface area contributed by atoms with E-state index in [0.717, 1.165) is 29.9 Å². The number of hydrogen-bond acceptors (Lipinski definition) is 2. The highest BCUT2D eigenvalue weighted by Crippen LogP contribution is 2.48. The molecule has 31 heavy (non-hydrogen) atoms. The van der Waals surface area contributed by atoms with Crippen molar-refractivity contribution in [2.24, 2.45) is 23.7 Å². The van der Waals surface area contributed by atoms with Crippen LogP contribution >= 0.6 is 0 Å². The molecule has 2 aliphatic carbocycles. The first kappa shape index (κ1) is 21.1. The van der Waals surface area contributed by atoms with Crippen molar-refractivity contribution < 1.29 is 4.74 Å². The predicted octanol–water partition coefficient (Wildman–Crippen LogP) is 6.47. The van der Waals surface area contributed by atoms with Crippen molar-refractivity contribution in [1.29, 1.82) is 0 Å². The number of benzene rings is 2. The van der Waals surface area contributed by atoms with Gasteiger partial charge in [-0.05, 0) is 96.7 Å². The summed E-state index contributed by atoms with van der Waals surface area (Å²) in [6.45, 7) is 11.6. The van der Waals surface area contributed by atoms with E-state index in [0.29, 0.717) is 5.92 Å². The Morgan fingerprint density at radius 2 is 1.74 bits per heavy atom. The number of aryl methyl sites for hydroxylation is 1. The molecular formula is C29H39NO. The van der Waals surface area contributed by atoms with Gasteiger partial charge in [0.15, 0.2) is 0 Å². The lowest BCUT2D eigenvalue weighted by Gasteiger charge is -2.29. The van der Waals surface area contributed by atoms with Crippen LogP contribution in [-0.4, -0.2) is 13.1 Å². The van der Waals surface area contributed by atoms with E-state index in [4.69, 9.17) is 4.74 Å². The van der Waals surface area contributed by atoms with E-state index in [1.807, 2.05) is 0 Å². The summed E-state index contributed by atoms with van der Waals surface area (Å²) in [7, 11) is 0. The molecule has 0 bridgehead atoms. The molecule has 0 spiro atoms. The SMILES string of the molecule is CCc1ccc(OC2c3ccccc3CC2CC2CC3CNCC3C2)c(C(C)(C)C)c1. The Hall–Kier alpha value is -1.80. The standard InChI is InChI=1S/C29H39NO/c1-5-19-10-11-27(26(15-19)29(2,3)4)31-28-22(16-21-8-6-7-9-25(21)28)12-20-13-23-17-30-18-24(23)14-20/h6-11,15,20,22-24,28,30H,5,12-14,16-18H2,1-4H3. The van der Waals surface area contributed by atoms with Crippen LogP contribution in [0.5, 0.6) is 5.75 Å². The summed E-state index contributed by atoms with van der Waals surface area (Å²) in [5, 5.41) is 3.60. The lowest BCUT2D eigenvalue weighted by atomic mass is 9.84. The van der Waals surface area contributed by atoms with Crippen LogP contribution in [0.25, 0.3) is 0 Å². The van der Waals surface area contributed by atoms with Crippen molar-refractivity contribution in [2.45, 2.75) is 71.3 Å². The van der Waals surface area contributed by atoms with Crippen LogP contribution in [-0.2, 0) is 18.3 Å². The van der Waals surface area contributed by atoms with Crippen LogP contribution in [0.15, 0.2) is 42.5 Å². The first-order chi connectivity index (χ1) is 14.9. The molecule has 0 aromatic heterocycles. The topological polar surface area (TPSA) is 21.3 Å². The van der Waals surface area contributed by atoms with Crippen molar-refractivity contribution in [2.75, 3.05) is 13.1 Å². The maximum atomic E-state index is 6.96. The van der Waals surface area contributed by atoms with Gasteiger partial charge in [0.25, 0.3) is 0 Å². The fraction of sp³-hybridized carbons (Fsp3) is 0.586. The van der Waals surface area contributed by atoms with Gasteiger partial charge < -0.3 is 10.1 Å². The van der Waals surface area contributed by atoms with Gasteiger partial charge in [-0.2, -0.15) is 0 Å². The van der Waals surface area contributed by atoms with Crippen molar-refractivity contribution in [3.8, 4) is 5.75 Å². The first-order valence-electron chi connectivity index (χ1n) is 12.5. The molecule has 1 aliphatic heterocycles. The molecule has 3 aliphatic rings. The third-order valence-corrected chi connectivity index (χ3v) is 8.17. The summed E-state index contributed by atoms with van der Waals surface area (Å²) >= 11 is 0. The lowest BCUT2D eigenvalue weighted by Crippen LogP contribution is -2.21. The molecule has 4 unspecified atom stereocenters. The van der Waals surface area contributed by atoms with Crippen LogP contribution < -0.4 is 10.1 Å². The van der Waals surface area contributed by atoms with E-state index in [-0.39, 0.29) is 11.5 Å². The largest absolute Gasteiger partial charge is 0.485 e. The van der Waals surface area contributed by atoms with Crippen LogP contribution in [0.4, 0.5) is 0 Å². The zero-order valence-corrected chi connectivity index (χ0v) is 19.8. The minimum atomic E-state index is 0.0734. The van der Waals surface area contributed by atoms with Crippen LogP contribution in [0.2, 0.25) is 0 Å². The molecule has 5 rings (SSSR count). The van der Waals surface area contributed by atoms with Gasteiger partial charge in [0, 0.05) is 5.92 Å². The summed E-state index contributed by atoms with van der Waals surface area (Å²) in [6, 6.07) is 15.9. The quantitative estimate of drug-likeness (QED) is 0.601. The number of nitrogens with one attached hydrogen (secondary N) is 1. The molecule has 2 fully saturated rings. The number of rotatable bonds is 5. The van der Waals surface area contributed by atoms with Crippen LogP contribution in [0.3, 0.4) is 0 Å². The smallest absolute Gasteiger partial charge is 0.127 e. The van der Waals surface area contributed by atoms with Gasteiger partial charge in [-0.3, -0.25) is 0 Å². The van der Waals surface area contributed by atoms with Crippen molar-refractivity contribution in [1.82, 2.24) is 5.32 Å². The Bertz CT molecular complexity index is 915. The minimum Gasteiger partial charge on any atom is -0.485 e. The normalized spacial score (nSPS) is 29.7. The minimum absolute atomic E-state index is 0.0734. The second-order valence-electron chi connectivity index (χ2n) is 11.4. The van der Waals surface area contributed by atoms with E-state index < -0.39 is 0 Å². The Balaban J connectivity index is 1.41. The molecule has 1 heterocycles. The fourth-order valence-corrected chi connectivity index (χ4v) is 6.54. The summed E-state index contributed by atoms with van der Waals surface area (Å²) in [6.07, 6.45) is 6.55. The average molecular weight is 418 g/mol. The van der Waals surface area contributed by atoms with Crippen molar-refractivity contribution in [3.63, 3.8) is 0 Å². The molecule has 4 atom stereocenters. The molecule has 0 amide bonds. The summed E-state index contributed by atoms with van der Waals surface area (Å²) in [5.74, 6) is 4.38. The Labute approximate surface area is 188 Å². The summed E-state index contributed by atoms with van der Waals surface area (Å²) in [4.78, 5) is 0. The summed E-state index contributed by atoms with van der Waals surface area (Å²) < 4.78 is 6.96. The third-order valence-electron chi connectivity index (χ3n) is 8.17. The molecule has 0 radical (unpaired) electrons. The highest BCUT2D eigenvalue weighted by Gasteiger charge is 2.41. The van der Waals surface area contributed by atoms with Gasteiger partial charge in [0.1, 0.15) is 11.9 Å². The highest BCUT2D eigenvalue weighted by molar-refractivity contribution is 5.43. The fourth-order valence-electron chi connectivity index (χ4n) is 6.54. The highest BCUT2D eigenvalue weighted by atomic mass is 16.5. The number of fused-ring (bicyclic) bond motifs is 2. The van der Waals surface area contributed by atoms with Crippen molar-refractivity contribution >= 4 is 0 Å². The average Bonchev–Trinajstić information content (AvgIpc) is 3.42. The maximum Gasteiger partial charge on any atom is 0.127 e. The van der Waals surface area contributed by atoms with Crippen LogP contribution in [0, 0.1) is 23.7 Å². The number of hydrogen-bond donors (Lipinski definition) is 1. The first-order valence-corrected chi connectivity index (χ1v) is 12.5. The van der Waals surface area contributed by atoms with Gasteiger partial charge in [0.2, 0.25) is 0 Å². The predicted molar refractivity (Wildman–Crippen MR) is 129 cm³/mol. The van der Waals surface area contributed by atoms with E-state index in [9.17, 15) is 0 Å². The molecule has 166 valence electrons. The molecule has 1 N–H and O–H groups in total. The Kier molecular flexibility index (Phi) is 5.63. The Morgan fingerprint density at radius 3 is 2.45 bits per heavy atom. The molecular weight excluding hydrogens is 378 g/mol. The number of ether oxygens (including phenoxy) is 1. The van der Waals surface area contributed by atoms with Gasteiger partial charge in [-0.1, -0.05) is 64.1 Å². The molecule has 2 aromatic carbocycles. The monoisotopic (exact) mass is 417 g/mol. The molecule has 2 heteroatoms. The molecule has 2 aromatic rings. The second kappa shape index (κ2) is 8.28. The van der Waals surface area contributed by atoms with Gasteiger partial charge in [-0.15, -0.1) is 0 Å². The molecule has 1 saturated heterocycles. The second-order valence-corrected chi connectivity index (χ2v) is 11.4. The summed E-state index contributed by atoms with van der Waals surface area (Å²) in [5.41, 5.74) is 5.74. The van der Waals surface area contributed by atoms with Gasteiger partial charge >= 0.3 is 0 Å². The third kappa shape index (κ3) is 4.16. The van der Waals surface area contributed by atoms with E-state index in [2.05, 4.69) is 75.5 Å². The van der Waals surface area contributed by atoms with Gasteiger partial charge in [0.05, 0.1) is 0 Å². The van der Waals surface area contributed by atoms with Crippen molar-refractivity contribution in [3.05, 3.63) is 64.7 Å². The zero-order chi connectivity index (χ0) is 21.6. The lowest BCUT2D eigenvalue weighted by molar-refractivity contribution is 0.128. The Morgan fingerprint density at radius 1 is 1.00 bits per heavy atom. The van der Waals surface area contributed by atoms with E-state index in [1.165, 1.54) is 61.0 Å². The zero-order valence-electron chi connectivity index (χ0n) is 19.8. The van der Waals surface area contributed by atoms with E-state index in [1.54, 1.807) is 0 Å². The van der Waals surface area contributed by atoms with Gasteiger partial charge in [-0.25, -0.2) is 0 Å². The van der Waals surface area contributed by atoms with Crippen LogP contribution in [0.1, 0.15) is 75.3 Å². The maximum absolute atomic E-state index is 6.96. The van der Waals surface area contributed by atoms with E-state index >= 15 is 0 Å². The molecule has 2 nitrogen and oxygen atoms in total.